The minimum Gasteiger partial charge on any atom is -0.318 e. The molecule has 0 unspecified atom stereocenters. The molecule has 0 amide bonds. The average Bonchev–Trinajstić information content (AvgIpc) is 3.09. The molecule has 0 spiro atoms. The number of nitro groups is 1. The van der Waals surface area contributed by atoms with Crippen LogP contribution in [0.5, 0.6) is 0 Å². The van der Waals surface area contributed by atoms with E-state index < -0.39 is 34.6 Å². The van der Waals surface area contributed by atoms with E-state index in [1.54, 1.807) is 19.9 Å². The Hall–Kier alpha value is -4.28. The zero-order valence-electron chi connectivity index (χ0n) is 18.0. The zero-order chi connectivity index (χ0) is 24.8. The number of benzene rings is 2. The predicted octanol–water partition coefficient (Wildman–Crippen LogP) is 4.61. The molecule has 34 heavy (non-hydrogen) atoms. The third kappa shape index (κ3) is 4.07. The molecule has 0 bridgehead atoms. The van der Waals surface area contributed by atoms with Crippen LogP contribution >= 0.6 is 0 Å². The van der Waals surface area contributed by atoms with E-state index in [0.29, 0.717) is 11.4 Å². The van der Waals surface area contributed by atoms with Gasteiger partial charge in [0.05, 0.1) is 34.3 Å². The first kappa shape index (κ1) is 22.9. The SMILES string of the molecule is Cc1cc(C(=O)Cn2cnc3ccc([N+](=O)[O-])cc3c2=O)c(C)n1-c1cccc(C(F)(F)F)c1. The summed E-state index contributed by atoms with van der Waals surface area (Å²) in [4.78, 5) is 40.3. The van der Waals surface area contributed by atoms with Crippen LogP contribution < -0.4 is 5.56 Å². The lowest BCUT2D eigenvalue weighted by Crippen LogP contribution is -2.25. The summed E-state index contributed by atoms with van der Waals surface area (Å²) in [6.45, 7) is 2.87. The molecule has 0 N–H and O–H groups in total. The van der Waals surface area contributed by atoms with Crippen LogP contribution in [0.3, 0.4) is 0 Å². The van der Waals surface area contributed by atoms with Gasteiger partial charge in [-0.1, -0.05) is 6.07 Å². The fourth-order valence-corrected chi connectivity index (χ4v) is 3.88. The van der Waals surface area contributed by atoms with Gasteiger partial charge in [-0.25, -0.2) is 4.98 Å². The lowest BCUT2D eigenvalue weighted by Gasteiger charge is -2.13. The second kappa shape index (κ2) is 8.25. The maximum atomic E-state index is 13.1. The number of hydrogen-bond donors (Lipinski definition) is 0. The van der Waals surface area contributed by atoms with Gasteiger partial charge in [0.25, 0.3) is 11.2 Å². The maximum Gasteiger partial charge on any atom is 0.416 e. The number of Topliss-reactive ketones (excluding diaryl/α,β-unsaturated/α-hetero) is 1. The number of hydrogen-bond acceptors (Lipinski definition) is 5. The highest BCUT2D eigenvalue weighted by Gasteiger charge is 2.31. The normalized spacial score (nSPS) is 11.7. The lowest BCUT2D eigenvalue weighted by atomic mass is 10.1. The summed E-state index contributed by atoms with van der Waals surface area (Å²) in [5.74, 6) is -0.458. The summed E-state index contributed by atoms with van der Waals surface area (Å²) in [7, 11) is 0. The van der Waals surface area contributed by atoms with Gasteiger partial charge >= 0.3 is 6.18 Å². The molecule has 2 heterocycles. The van der Waals surface area contributed by atoms with E-state index in [4.69, 9.17) is 0 Å². The number of carbonyl (C=O) groups is 1. The summed E-state index contributed by atoms with van der Waals surface area (Å²) in [6, 6.07) is 9.99. The number of aryl methyl sites for hydroxylation is 1. The number of rotatable bonds is 5. The zero-order valence-corrected chi connectivity index (χ0v) is 18.0. The van der Waals surface area contributed by atoms with Crippen molar-refractivity contribution < 1.29 is 22.9 Å². The van der Waals surface area contributed by atoms with Gasteiger partial charge in [0.2, 0.25) is 0 Å². The van der Waals surface area contributed by atoms with Gasteiger partial charge in [-0.05, 0) is 44.2 Å². The third-order valence-electron chi connectivity index (χ3n) is 5.50. The van der Waals surface area contributed by atoms with Crippen molar-refractivity contribution in [2.24, 2.45) is 0 Å². The molecule has 0 aliphatic rings. The van der Waals surface area contributed by atoms with Crippen LogP contribution in [-0.2, 0) is 12.7 Å². The Morgan fingerprint density at radius 1 is 1.12 bits per heavy atom. The van der Waals surface area contributed by atoms with Crippen molar-refractivity contribution in [2.75, 3.05) is 0 Å². The van der Waals surface area contributed by atoms with Crippen LogP contribution in [0.4, 0.5) is 18.9 Å². The Morgan fingerprint density at radius 2 is 1.85 bits per heavy atom. The highest BCUT2D eigenvalue weighted by atomic mass is 19.4. The third-order valence-corrected chi connectivity index (χ3v) is 5.50. The molecule has 2 aromatic heterocycles. The van der Waals surface area contributed by atoms with Gasteiger partial charge in [-0.3, -0.25) is 24.3 Å². The number of ketones is 1. The topological polar surface area (TPSA) is 100 Å². The molecule has 0 fully saturated rings. The molecule has 0 saturated heterocycles. The van der Waals surface area contributed by atoms with Crippen molar-refractivity contribution >= 4 is 22.4 Å². The Kier molecular flexibility index (Phi) is 5.56. The number of non-ortho nitro benzene ring substituents is 1. The van der Waals surface area contributed by atoms with E-state index in [0.717, 1.165) is 22.8 Å². The van der Waals surface area contributed by atoms with Crippen molar-refractivity contribution in [2.45, 2.75) is 26.6 Å². The number of carbonyl (C=O) groups excluding carboxylic acids is 1. The number of fused-ring (bicyclic) bond motifs is 1. The molecule has 8 nitrogen and oxygen atoms in total. The van der Waals surface area contributed by atoms with Crippen LogP contribution in [0.25, 0.3) is 16.6 Å². The first-order valence-corrected chi connectivity index (χ1v) is 10.0. The minimum absolute atomic E-state index is 0.000983. The van der Waals surface area contributed by atoms with Crippen molar-refractivity contribution in [3.8, 4) is 5.69 Å². The van der Waals surface area contributed by atoms with Crippen LogP contribution in [-0.4, -0.2) is 24.8 Å². The van der Waals surface area contributed by atoms with Gasteiger partial charge in [-0.2, -0.15) is 13.2 Å². The Bertz CT molecular complexity index is 1520. The minimum atomic E-state index is -4.51. The smallest absolute Gasteiger partial charge is 0.318 e. The van der Waals surface area contributed by atoms with E-state index in [1.807, 2.05) is 0 Å². The number of alkyl halides is 3. The Morgan fingerprint density at radius 3 is 2.53 bits per heavy atom. The number of nitro benzene ring substituents is 1. The summed E-state index contributed by atoms with van der Waals surface area (Å²) < 4.78 is 42.0. The van der Waals surface area contributed by atoms with Crippen molar-refractivity contribution in [1.29, 1.82) is 0 Å². The summed E-state index contributed by atoms with van der Waals surface area (Å²) in [5.41, 5.74) is -0.00940. The summed E-state index contributed by atoms with van der Waals surface area (Å²) in [5, 5.41) is 11.0. The maximum absolute atomic E-state index is 13.1. The molecule has 174 valence electrons. The number of nitrogens with zero attached hydrogens (tertiary/aromatic N) is 4. The molecule has 0 aliphatic carbocycles. The lowest BCUT2D eigenvalue weighted by molar-refractivity contribution is -0.384. The molecule has 4 rings (SSSR count). The van der Waals surface area contributed by atoms with Crippen LogP contribution in [0.1, 0.15) is 27.3 Å². The summed E-state index contributed by atoms with van der Waals surface area (Å²) in [6.07, 6.45) is -3.33. The predicted molar refractivity (Wildman–Crippen MR) is 117 cm³/mol. The highest BCUT2D eigenvalue weighted by molar-refractivity contribution is 5.97. The average molecular weight is 470 g/mol. The van der Waals surface area contributed by atoms with Crippen LogP contribution in [0.2, 0.25) is 0 Å². The van der Waals surface area contributed by atoms with Crippen LogP contribution in [0, 0.1) is 24.0 Å². The molecular weight excluding hydrogens is 453 g/mol. The molecule has 0 saturated carbocycles. The second-order valence-corrected chi connectivity index (χ2v) is 7.73. The van der Waals surface area contributed by atoms with E-state index in [2.05, 4.69) is 4.98 Å². The fourth-order valence-electron chi connectivity index (χ4n) is 3.88. The molecule has 0 radical (unpaired) electrons. The molecule has 11 heteroatoms. The van der Waals surface area contributed by atoms with Crippen molar-refractivity contribution in [3.63, 3.8) is 0 Å². The second-order valence-electron chi connectivity index (χ2n) is 7.73. The van der Waals surface area contributed by atoms with Gasteiger partial charge < -0.3 is 4.57 Å². The van der Waals surface area contributed by atoms with Crippen molar-refractivity contribution in [1.82, 2.24) is 14.1 Å². The summed E-state index contributed by atoms with van der Waals surface area (Å²) >= 11 is 0. The standard InChI is InChI=1S/C23H17F3N4O4/c1-13-8-18(14(2)29(13)16-5-3-4-15(9-16)23(24,25)26)21(31)11-28-12-27-20-7-6-17(30(33)34)10-19(20)22(28)32/h3-10,12H,11H2,1-2H3. The van der Waals surface area contributed by atoms with Gasteiger partial charge in [0.15, 0.2) is 5.78 Å². The first-order chi connectivity index (χ1) is 16.0. The fraction of sp³-hybridized carbons (Fsp3) is 0.174. The van der Waals surface area contributed by atoms with Crippen LogP contribution in [0.15, 0.2) is 59.7 Å². The van der Waals surface area contributed by atoms with Gasteiger partial charge in [-0.15, -0.1) is 0 Å². The molecule has 0 atom stereocenters. The number of aromatic nitrogens is 3. The largest absolute Gasteiger partial charge is 0.416 e. The quantitative estimate of drug-likeness (QED) is 0.241. The molecule has 2 aromatic carbocycles. The van der Waals surface area contributed by atoms with Gasteiger partial charge in [0, 0.05) is 34.8 Å². The Labute approximate surface area is 190 Å². The van der Waals surface area contributed by atoms with E-state index in [1.165, 1.54) is 35.2 Å². The molecular formula is C23H17F3N4O4. The molecule has 0 aliphatic heterocycles. The molecule has 4 aromatic rings. The highest BCUT2D eigenvalue weighted by Crippen LogP contribution is 2.31. The van der Waals surface area contributed by atoms with Gasteiger partial charge in [0.1, 0.15) is 0 Å². The Balaban J connectivity index is 1.70. The monoisotopic (exact) mass is 470 g/mol. The van der Waals surface area contributed by atoms with E-state index >= 15 is 0 Å². The first-order valence-electron chi connectivity index (χ1n) is 10.0. The van der Waals surface area contributed by atoms with E-state index in [9.17, 15) is 32.9 Å². The van der Waals surface area contributed by atoms with Crippen molar-refractivity contribution in [3.05, 3.63) is 97.8 Å². The van der Waals surface area contributed by atoms with E-state index in [-0.39, 0.29) is 27.8 Å². The number of halogens is 3.